The molecule has 0 fully saturated rings. The van der Waals surface area contributed by atoms with Gasteiger partial charge in [0, 0.05) is 6.08 Å². The van der Waals surface area contributed by atoms with Crippen molar-refractivity contribution in [2.75, 3.05) is 13.7 Å². The third-order valence-electron chi connectivity index (χ3n) is 8.46. The van der Waals surface area contributed by atoms with Gasteiger partial charge in [-0.05, 0) is 74.3 Å². The van der Waals surface area contributed by atoms with Crippen LogP contribution in [0, 0.1) is 5.92 Å². The summed E-state index contributed by atoms with van der Waals surface area (Å²) in [6, 6.07) is 0. The highest BCUT2D eigenvalue weighted by atomic mass is 28.4. The van der Waals surface area contributed by atoms with E-state index in [0.29, 0.717) is 18.9 Å². The van der Waals surface area contributed by atoms with E-state index in [1.54, 1.807) is 0 Å². The molecule has 0 spiro atoms. The van der Waals surface area contributed by atoms with Gasteiger partial charge in [-0.3, -0.25) is 0 Å². The van der Waals surface area contributed by atoms with Gasteiger partial charge in [0.25, 0.3) is 0 Å². The Hall–Kier alpha value is -0.996. The SMILES string of the molecule is C=C(C[C@H](C)C[C@@H]1CC=C[C@@H](C/C=C\C(=O)OC)O1)C[C@@H](CO[Si](C)(C)C(C)(C)C)O[Si](C)(C)C(C)(C)C. The number of carbonyl (C=O) groups excluding carboxylic acids is 1. The van der Waals surface area contributed by atoms with E-state index in [1.807, 2.05) is 6.08 Å². The van der Waals surface area contributed by atoms with E-state index in [9.17, 15) is 4.79 Å². The van der Waals surface area contributed by atoms with Crippen LogP contribution in [0.25, 0.3) is 0 Å². The minimum Gasteiger partial charge on any atom is -0.466 e. The molecule has 0 N–H and O–H groups in total. The summed E-state index contributed by atoms with van der Waals surface area (Å²) < 4.78 is 24.5. The molecule has 0 aromatic heterocycles. The fourth-order valence-electron chi connectivity index (χ4n) is 4.06. The molecule has 0 aromatic rings. The van der Waals surface area contributed by atoms with E-state index >= 15 is 0 Å². The van der Waals surface area contributed by atoms with Crippen molar-refractivity contribution in [3.63, 3.8) is 0 Å². The molecule has 0 saturated carbocycles. The molecule has 38 heavy (non-hydrogen) atoms. The first-order valence-electron chi connectivity index (χ1n) is 14.3. The van der Waals surface area contributed by atoms with Crippen molar-refractivity contribution in [3.05, 3.63) is 36.5 Å². The molecule has 1 aliphatic rings. The molecule has 0 aromatic carbocycles. The van der Waals surface area contributed by atoms with Crippen LogP contribution in [0.15, 0.2) is 36.5 Å². The van der Waals surface area contributed by atoms with E-state index in [-0.39, 0.29) is 34.4 Å². The minimum absolute atomic E-state index is 0.0000812. The van der Waals surface area contributed by atoms with Crippen LogP contribution in [0.3, 0.4) is 0 Å². The normalized spacial score (nSPS) is 20.9. The predicted molar refractivity (Wildman–Crippen MR) is 166 cm³/mol. The first-order chi connectivity index (χ1) is 17.3. The lowest BCUT2D eigenvalue weighted by Crippen LogP contribution is -2.48. The Morgan fingerprint density at radius 1 is 1.08 bits per heavy atom. The topological polar surface area (TPSA) is 54.0 Å². The summed E-state index contributed by atoms with van der Waals surface area (Å²) in [5.74, 6) is 0.124. The molecule has 0 bridgehead atoms. The second-order valence-electron chi connectivity index (χ2n) is 14.2. The summed E-state index contributed by atoms with van der Waals surface area (Å²) in [4.78, 5) is 11.3. The zero-order valence-corrected chi connectivity index (χ0v) is 28.6. The van der Waals surface area contributed by atoms with Gasteiger partial charge in [0.05, 0.1) is 32.0 Å². The Kier molecular flexibility index (Phi) is 13.4. The summed E-state index contributed by atoms with van der Waals surface area (Å²) in [6.07, 6.45) is 12.1. The van der Waals surface area contributed by atoms with E-state index < -0.39 is 16.6 Å². The van der Waals surface area contributed by atoms with Gasteiger partial charge in [-0.15, -0.1) is 0 Å². The molecule has 0 saturated heterocycles. The minimum atomic E-state index is -1.95. The Bertz CT molecular complexity index is 817. The monoisotopic (exact) mass is 566 g/mol. The van der Waals surface area contributed by atoms with Crippen molar-refractivity contribution in [2.45, 2.75) is 135 Å². The van der Waals surface area contributed by atoms with E-state index in [4.69, 9.17) is 13.6 Å². The molecule has 220 valence electrons. The second kappa shape index (κ2) is 14.6. The van der Waals surface area contributed by atoms with Crippen molar-refractivity contribution in [1.82, 2.24) is 0 Å². The number of hydrogen-bond donors (Lipinski definition) is 0. The number of methoxy groups -OCH3 is 1. The quantitative estimate of drug-likeness (QED) is 0.0912. The van der Waals surface area contributed by atoms with Gasteiger partial charge >= 0.3 is 5.97 Å². The Morgan fingerprint density at radius 2 is 1.68 bits per heavy atom. The van der Waals surface area contributed by atoms with Crippen LogP contribution in [0.4, 0.5) is 0 Å². The Labute approximate surface area is 236 Å². The maximum Gasteiger partial charge on any atom is 0.330 e. The van der Waals surface area contributed by atoms with E-state index in [2.05, 4.69) is 98.1 Å². The molecule has 0 aliphatic carbocycles. The standard InChI is InChI=1S/C31H58O5Si2/c1-24(21-27-18-14-16-26(35-27)17-15-19-29(32)33-9)20-25(2)22-28(36-38(12,13)31(6,7)8)23-34-37(10,11)30(3,4)5/h14-16,19,24,26-28H,2,17-18,20-23H2,1,3-13H3/b19-15-/t24-,26-,27-,28-/m0/s1. The summed E-state index contributed by atoms with van der Waals surface area (Å²) in [6.45, 7) is 30.4. The first-order valence-corrected chi connectivity index (χ1v) is 20.1. The number of ether oxygens (including phenoxy) is 2. The number of esters is 1. The fourth-order valence-corrected chi connectivity index (χ4v) is 6.43. The Balaban J connectivity index is 2.74. The van der Waals surface area contributed by atoms with Crippen LogP contribution in [0.1, 0.15) is 80.6 Å². The maximum absolute atomic E-state index is 11.3. The molecule has 0 amide bonds. The van der Waals surface area contributed by atoms with Crippen LogP contribution in [0.5, 0.6) is 0 Å². The summed E-state index contributed by atoms with van der Waals surface area (Å²) in [7, 11) is -2.44. The second-order valence-corrected chi connectivity index (χ2v) is 23.8. The lowest BCUT2D eigenvalue weighted by Gasteiger charge is -2.42. The molecule has 1 aliphatic heterocycles. The molecule has 7 heteroatoms. The molecule has 0 radical (unpaired) electrons. The van der Waals surface area contributed by atoms with Gasteiger partial charge in [-0.1, -0.05) is 78.8 Å². The van der Waals surface area contributed by atoms with Crippen molar-refractivity contribution < 1.29 is 23.1 Å². The Morgan fingerprint density at radius 3 is 2.24 bits per heavy atom. The van der Waals surface area contributed by atoms with Crippen molar-refractivity contribution in [2.24, 2.45) is 5.92 Å². The third-order valence-corrected chi connectivity index (χ3v) is 17.5. The summed E-state index contributed by atoms with van der Waals surface area (Å²) in [5.41, 5.74) is 1.23. The van der Waals surface area contributed by atoms with Gasteiger partial charge in [-0.2, -0.15) is 0 Å². The van der Waals surface area contributed by atoms with Crippen LogP contribution in [0.2, 0.25) is 36.3 Å². The van der Waals surface area contributed by atoms with Crippen LogP contribution in [-0.4, -0.2) is 54.6 Å². The highest BCUT2D eigenvalue weighted by molar-refractivity contribution is 6.74. The van der Waals surface area contributed by atoms with Gasteiger partial charge < -0.3 is 18.3 Å². The summed E-state index contributed by atoms with van der Waals surface area (Å²) >= 11 is 0. The average molecular weight is 567 g/mol. The van der Waals surface area contributed by atoms with Crippen molar-refractivity contribution >= 4 is 22.6 Å². The highest BCUT2D eigenvalue weighted by Crippen LogP contribution is 2.40. The van der Waals surface area contributed by atoms with E-state index in [1.165, 1.54) is 18.8 Å². The molecule has 4 atom stereocenters. The van der Waals surface area contributed by atoms with Crippen LogP contribution < -0.4 is 0 Å². The largest absolute Gasteiger partial charge is 0.466 e. The molecule has 0 unspecified atom stereocenters. The number of hydrogen-bond acceptors (Lipinski definition) is 5. The fraction of sp³-hybridized carbons (Fsp3) is 0.774. The lowest BCUT2D eigenvalue weighted by atomic mass is 9.92. The highest BCUT2D eigenvalue weighted by Gasteiger charge is 2.41. The van der Waals surface area contributed by atoms with Gasteiger partial charge in [0.1, 0.15) is 0 Å². The number of rotatable bonds is 14. The average Bonchev–Trinajstić information content (AvgIpc) is 2.75. The molecular weight excluding hydrogens is 509 g/mol. The number of carbonyl (C=O) groups is 1. The zero-order valence-electron chi connectivity index (χ0n) is 26.6. The van der Waals surface area contributed by atoms with Crippen LogP contribution in [-0.2, 0) is 23.1 Å². The van der Waals surface area contributed by atoms with Crippen LogP contribution >= 0.6 is 0 Å². The first kappa shape index (κ1) is 35.0. The predicted octanol–water partition coefficient (Wildman–Crippen LogP) is 8.59. The third kappa shape index (κ3) is 12.0. The van der Waals surface area contributed by atoms with Gasteiger partial charge in [0.15, 0.2) is 16.6 Å². The zero-order chi connectivity index (χ0) is 29.4. The van der Waals surface area contributed by atoms with Gasteiger partial charge in [0.2, 0.25) is 0 Å². The van der Waals surface area contributed by atoms with Crippen molar-refractivity contribution in [1.29, 1.82) is 0 Å². The molecule has 1 rings (SSSR count). The lowest BCUT2D eigenvalue weighted by molar-refractivity contribution is -0.134. The smallest absolute Gasteiger partial charge is 0.330 e. The molecule has 5 nitrogen and oxygen atoms in total. The van der Waals surface area contributed by atoms with Gasteiger partial charge in [-0.25, -0.2) is 4.79 Å². The summed E-state index contributed by atoms with van der Waals surface area (Å²) in [5, 5.41) is 0.312. The van der Waals surface area contributed by atoms with E-state index in [0.717, 1.165) is 25.7 Å². The van der Waals surface area contributed by atoms with Crippen molar-refractivity contribution in [3.8, 4) is 0 Å². The maximum atomic E-state index is 11.3. The molecule has 1 heterocycles. The molecular formula is C31H58O5Si2.